The number of benzene rings is 2. The van der Waals surface area contributed by atoms with E-state index >= 15 is 0 Å². The number of carbonyl (C=O) groups is 4. The van der Waals surface area contributed by atoms with E-state index in [1.807, 2.05) is 47.6 Å². The predicted octanol–water partition coefficient (Wildman–Crippen LogP) is 8.45. The number of carbonyl (C=O) groups excluding carboxylic acids is 4. The number of hydrogen-bond donors (Lipinski definition) is 1. The standard InChI is InChI=1S/C24H29FN2O5.C24H27FN2O5.CH4O/c2*1-24(2,3)32-23(29)27-8-7-20(27)15-31-21-12-18(13-26-14-21)17-9-16(10-19(25)11-17)5-6-22(28)30-4;1-2/h9-14,20H,5-8,15H2,1-4H3;5-6,9-14,20H,7-8,15H2,1-4H3;2H,1H3/b;6-5+;/t2*20-;/m00./s1. The van der Waals surface area contributed by atoms with Crippen LogP contribution < -0.4 is 9.47 Å². The minimum atomic E-state index is -0.549. The van der Waals surface area contributed by atoms with Gasteiger partial charge in [-0.15, -0.1) is 0 Å². The van der Waals surface area contributed by atoms with Crippen LogP contribution in [0.25, 0.3) is 28.3 Å². The fourth-order valence-electron chi connectivity index (χ4n) is 6.46. The number of aliphatic hydroxyl groups is 1. The van der Waals surface area contributed by atoms with Crippen LogP contribution in [0.4, 0.5) is 18.4 Å². The highest BCUT2D eigenvalue weighted by Gasteiger charge is 2.37. The molecule has 356 valence electrons. The van der Waals surface area contributed by atoms with Crippen LogP contribution in [0.2, 0.25) is 0 Å². The number of halogens is 2. The van der Waals surface area contributed by atoms with Crippen molar-refractivity contribution in [1.82, 2.24) is 19.8 Å². The number of hydrogen-bond acceptors (Lipinski definition) is 13. The highest BCUT2D eigenvalue weighted by atomic mass is 19.1. The Balaban J connectivity index is 0.000000278. The lowest BCUT2D eigenvalue weighted by molar-refractivity contribution is -0.140. The Hall–Kier alpha value is -6.62. The van der Waals surface area contributed by atoms with E-state index in [-0.39, 0.29) is 36.7 Å². The van der Waals surface area contributed by atoms with Gasteiger partial charge >= 0.3 is 24.1 Å². The molecular weight excluding hydrogens is 859 g/mol. The van der Waals surface area contributed by atoms with E-state index in [1.54, 1.807) is 52.8 Å². The molecule has 0 radical (unpaired) electrons. The molecule has 2 aromatic heterocycles. The number of rotatable bonds is 13. The van der Waals surface area contributed by atoms with E-state index in [9.17, 15) is 28.0 Å². The zero-order valence-electron chi connectivity index (χ0n) is 39.0. The second kappa shape index (κ2) is 24.1. The Bertz CT molecular complexity index is 2310. The van der Waals surface area contributed by atoms with Gasteiger partial charge in [0.2, 0.25) is 0 Å². The van der Waals surface area contributed by atoms with Gasteiger partial charge in [0.25, 0.3) is 0 Å². The first kappa shape index (κ1) is 52.0. The molecule has 66 heavy (non-hydrogen) atoms. The van der Waals surface area contributed by atoms with Crippen molar-refractivity contribution < 1.29 is 61.5 Å². The Morgan fingerprint density at radius 2 is 1.15 bits per heavy atom. The largest absolute Gasteiger partial charge is 0.490 e. The summed E-state index contributed by atoms with van der Waals surface area (Å²) in [6.07, 6.45) is 10.6. The van der Waals surface area contributed by atoms with Crippen LogP contribution >= 0.6 is 0 Å². The first-order valence-electron chi connectivity index (χ1n) is 21.3. The zero-order chi connectivity index (χ0) is 48.6. The predicted molar refractivity (Wildman–Crippen MR) is 242 cm³/mol. The second-order valence-corrected chi connectivity index (χ2v) is 17.2. The van der Waals surface area contributed by atoms with Gasteiger partial charge in [-0.25, -0.2) is 23.2 Å². The maximum atomic E-state index is 14.1. The molecular formula is C49H60F2N4O11. The van der Waals surface area contributed by atoms with Crippen molar-refractivity contribution in [2.75, 3.05) is 47.6 Å². The molecule has 0 bridgehead atoms. The monoisotopic (exact) mass is 918 g/mol. The van der Waals surface area contributed by atoms with E-state index < -0.39 is 28.8 Å². The third kappa shape index (κ3) is 16.4. The molecule has 0 aliphatic carbocycles. The highest BCUT2D eigenvalue weighted by molar-refractivity contribution is 5.87. The molecule has 0 spiro atoms. The molecule has 15 nitrogen and oxygen atoms in total. The van der Waals surface area contributed by atoms with Crippen LogP contribution in [0.3, 0.4) is 0 Å². The third-order valence-electron chi connectivity index (χ3n) is 9.86. The Kier molecular flexibility index (Phi) is 19.0. The van der Waals surface area contributed by atoms with Gasteiger partial charge in [-0.05, 0) is 132 Å². The number of nitrogens with zero attached hydrogens (tertiary/aromatic N) is 4. The molecule has 2 aromatic carbocycles. The molecule has 1 N–H and O–H groups in total. The number of methoxy groups -OCH3 is 2. The number of amides is 2. The van der Waals surface area contributed by atoms with Crippen molar-refractivity contribution in [1.29, 1.82) is 0 Å². The van der Waals surface area contributed by atoms with E-state index in [4.69, 9.17) is 24.1 Å². The number of likely N-dealkylation sites (tertiary alicyclic amines) is 2. The second-order valence-electron chi connectivity index (χ2n) is 17.2. The summed E-state index contributed by atoms with van der Waals surface area (Å²) >= 11 is 0. The van der Waals surface area contributed by atoms with Crippen molar-refractivity contribution in [2.45, 2.75) is 90.5 Å². The normalized spacial score (nSPS) is 15.4. The quantitative estimate of drug-likeness (QED) is 0.0769. The van der Waals surface area contributed by atoms with Gasteiger partial charge in [0.1, 0.15) is 47.5 Å². The lowest BCUT2D eigenvalue weighted by Gasteiger charge is -2.41. The molecule has 17 heteroatoms. The van der Waals surface area contributed by atoms with E-state index in [1.165, 1.54) is 50.6 Å². The van der Waals surface area contributed by atoms with E-state index in [2.05, 4.69) is 19.4 Å². The molecule has 2 aliphatic heterocycles. The van der Waals surface area contributed by atoms with Crippen LogP contribution in [-0.4, -0.2) is 120 Å². The van der Waals surface area contributed by atoms with E-state index in [0.29, 0.717) is 77.6 Å². The number of aliphatic hydroxyl groups excluding tert-OH is 1. The summed E-state index contributed by atoms with van der Waals surface area (Å²) in [6, 6.07) is 12.5. The van der Waals surface area contributed by atoms with Gasteiger partial charge in [0.05, 0.1) is 38.7 Å². The van der Waals surface area contributed by atoms with Crippen LogP contribution in [0.15, 0.2) is 79.4 Å². The Labute approximate surface area is 384 Å². The van der Waals surface area contributed by atoms with Crippen molar-refractivity contribution in [2.24, 2.45) is 0 Å². The SMILES string of the molecule is CO.COC(=O)/C=C/c1cc(F)cc(-c2cncc(OC[C@@H]3CCN3C(=O)OC(C)(C)C)c2)c1.COC(=O)CCc1cc(F)cc(-c2cncc(OC[C@@H]3CCN3C(=O)OC(C)(C)C)c2)c1. The van der Waals surface area contributed by atoms with Gasteiger partial charge in [-0.3, -0.25) is 14.8 Å². The maximum absolute atomic E-state index is 14.1. The van der Waals surface area contributed by atoms with Crippen LogP contribution in [0.5, 0.6) is 11.5 Å². The molecule has 2 amide bonds. The molecule has 6 rings (SSSR count). The van der Waals surface area contributed by atoms with Gasteiger partial charge in [-0.1, -0.05) is 6.07 Å². The minimum absolute atomic E-state index is 0.0624. The Morgan fingerprint density at radius 3 is 1.59 bits per heavy atom. The lowest BCUT2D eigenvalue weighted by Crippen LogP contribution is -2.55. The molecule has 2 saturated heterocycles. The number of aromatic nitrogens is 2. The minimum Gasteiger partial charge on any atom is -0.490 e. The van der Waals surface area contributed by atoms with Gasteiger partial charge in [0.15, 0.2) is 0 Å². The number of aryl methyl sites for hydroxylation is 1. The van der Waals surface area contributed by atoms with Gasteiger partial charge in [-0.2, -0.15) is 0 Å². The van der Waals surface area contributed by atoms with Crippen molar-refractivity contribution >= 4 is 30.2 Å². The summed E-state index contributed by atoms with van der Waals surface area (Å²) < 4.78 is 60.0. The summed E-state index contributed by atoms with van der Waals surface area (Å²) in [5.74, 6) is -0.668. The Morgan fingerprint density at radius 1 is 0.667 bits per heavy atom. The fourth-order valence-corrected chi connectivity index (χ4v) is 6.46. The molecule has 4 aromatic rings. The van der Waals surface area contributed by atoms with Crippen molar-refractivity contribution in [3.8, 4) is 33.8 Å². The molecule has 4 heterocycles. The van der Waals surface area contributed by atoms with Gasteiger partial charge < -0.3 is 43.3 Å². The number of esters is 2. The van der Waals surface area contributed by atoms with Gasteiger partial charge in [0, 0.05) is 56.2 Å². The van der Waals surface area contributed by atoms with Crippen molar-refractivity contribution in [3.63, 3.8) is 0 Å². The maximum Gasteiger partial charge on any atom is 0.410 e. The van der Waals surface area contributed by atoms with Crippen molar-refractivity contribution in [3.05, 3.63) is 102 Å². The molecule has 2 fully saturated rings. The lowest BCUT2D eigenvalue weighted by atomic mass is 10.0. The molecule has 2 atom stereocenters. The average Bonchev–Trinajstić information content (AvgIpc) is 3.23. The topological polar surface area (TPSA) is 176 Å². The fraction of sp³-hybridized carbons (Fsp3) is 0.429. The summed E-state index contributed by atoms with van der Waals surface area (Å²) in [4.78, 5) is 58.9. The van der Waals surface area contributed by atoms with E-state index in [0.717, 1.165) is 20.0 Å². The molecule has 0 unspecified atom stereocenters. The molecule has 0 saturated carbocycles. The molecule has 2 aliphatic rings. The summed E-state index contributed by atoms with van der Waals surface area (Å²) in [7, 11) is 3.60. The number of pyridine rings is 2. The average molecular weight is 919 g/mol. The summed E-state index contributed by atoms with van der Waals surface area (Å²) in [5, 5.41) is 7.00. The highest BCUT2D eigenvalue weighted by Crippen LogP contribution is 2.29. The van der Waals surface area contributed by atoms with Crippen LogP contribution in [0, 0.1) is 11.6 Å². The smallest absolute Gasteiger partial charge is 0.410 e. The third-order valence-corrected chi connectivity index (χ3v) is 9.86. The number of ether oxygens (including phenoxy) is 6. The van der Waals surface area contributed by atoms with Crippen LogP contribution in [0.1, 0.15) is 71.9 Å². The first-order valence-corrected chi connectivity index (χ1v) is 21.3. The first-order chi connectivity index (χ1) is 31.3. The zero-order valence-corrected chi connectivity index (χ0v) is 39.0. The summed E-state index contributed by atoms with van der Waals surface area (Å²) in [6.45, 7) is 12.9. The summed E-state index contributed by atoms with van der Waals surface area (Å²) in [5.41, 5.74) is 2.70. The van der Waals surface area contributed by atoms with Crippen LogP contribution in [-0.2, 0) is 35.0 Å².